The maximum absolute atomic E-state index is 12.8. The average Bonchev–Trinajstić information content (AvgIpc) is 2.75. The summed E-state index contributed by atoms with van der Waals surface area (Å²) < 4.78 is 30.6. The van der Waals surface area contributed by atoms with Crippen LogP contribution < -0.4 is 5.32 Å². The Morgan fingerprint density at radius 2 is 1.37 bits per heavy atom. The number of anilines is 1. The standard InChI is InChI=1S/C23H19F2NO3S/c24-23(25)30-19-14-8-7-13-18(19)26-20(27)15-29-22(28)21(16-9-3-1-4-10-16)17-11-5-2-6-12-17/h1-14,21,23H,15H2,(H,26,27). The fraction of sp³-hybridized carbons (Fsp3) is 0.130. The van der Waals surface area contributed by atoms with Crippen molar-refractivity contribution in [2.24, 2.45) is 0 Å². The van der Waals surface area contributed by atoms with Gasteiger partial charge in [0.05, 0.1) is 5.69 Å². The molecule has 0 atom stereocenters. The van der Waals surface area contributed by atoms with Gasteiger partial charge < -0.3 is 10.1 Å². The summed E-state index contributed by atoms with van der Waals surface area (Å²) in [6.07, 6.45) is 0. The number of amides is 1. The summed E-state index contributed by atoms with van der Waals surface area (Å²) in [5.41, 5.74) is 1.73. The number of carbonyl (C=O) groups excluding carboxylic acids is 2. The number of carbonyl (C=O) groups is 2. The van der Waals surface area contributed by atoms with Gasteiger partial charge >= 0.3 is 5.97 Å². The third-order valence-corrected chi connectivity index (χ3v) is 5.01. The number of ether oxygens (including phenoxy) is 1. The Hall–Kier alpha value is -3.19. The summed E-state index contributed by atoms with van der Waals surface area (Å²) in [5, 5.41) is 2.52. The Balaban J connectivity index is 1.68. The van der Waals surface area contributed by atoms with Gasteiger partial charge in [0, 0.05) is 4.90 Å². The molecule has 3 aromatic carbocycles. The van der Waals surface area contributed by atoms with Crippen LogP contribution in [0.1, 0.15) is 17.0 Å². The van der Waals surface area contributed by atoms with E-state index >= 15 is 0 Å². The van der Waals surface area contributed by atoms with E-state index in [1.807, 2.05) is 60.7 Å². The van der Waals surface area contributed by atoms with Crippen molar-refractivity contribution in [1.29, 1.82) is 0 Å². The molecule has 0 radical (unpaired) electrons. The highest BCUT2D eigenvalue weighted by atomic mass is 32.2. The van der Waals surface area contributed by atoms with Gasteiger partial charge in [-0.2, -0.15) is 8.78 Å². The number of hydrogen-bond donors (Lipinski definition) is 1. The fourth-order valence-electron chi connectivity index (χ4n) is 2.93. The molecule has 0 heterocycles. The van der Waals surface area contributed by atoms with Crippen LogP contribution in [0.15, 0.2) is 89.8 Å². The maximum Gasteiger partial charge on any atom is 0.318 e. The van der Waals surface area contributed by atoms with Crippen LogP contribution in [0.25, 0.3) is 0 Å². The second-order valence-corrected chi connectivity index (χ2v) is 7.32. The normalized spacial score (nSPS) is 10.8. The molecule has 0 saturated carbocycles. The highest BCUT2D eigenvalue weighted by Gasteiger charge is 2.25. The van der Waals surface area contributed by atoms with Gasteiger partial charge in [-0.1, -0.05) is 84.6 Å². The van der Waals surface area contributed by atoms with E-state index in [9.17, 15) is 18.4 Å². The lowest BCUT2D eigenvalue weighted by atomic mass is 9.91. The van der Waals surface area contributed by atoms with Crippen LogP contribution in [-0.4, -0.2) is 24.2 Å². The lowest BCUT2D eigenvalue weighted by Crippen LogP contribution is -2.24. The van der Waals surface area contributed by atoms with Gasteiger partial charge in [0.25, 0.3) is 11.7 Å². The van der Waals surface area contributed by atoms with Gasteiger partial charge in [0.1, 0.15) is 5.92 Å². The molecule has 0 fully saturated rings. The second kappa shape index (κ2) is 10.5. The van der Waals surface area contributed by atoms with Crippen molar-refractivity contribution in [2.75, 3.05) is 11.9 Å². The Morgan fingerprint density at radius 1 is 0.833 bits per heavy atom. The van der Waals surface area contributed by atoms with Crippen molar-refractivity contribution in [2.45, 2.75) is 16.6 Å². The number of benzene rings is 3. The van der Waals surface area contributed by atoms with Gasteiger partial charge in [-0.3, -0.25) is 9.59 Å². The predicted molar refractivity (Wildman–Crippen MR) is 113 cm³/mol. The summed E-state index contributed by atoms with van der Waals surface area (Å²) in [6, 6.07) is 24.5. The van der Waals surface area contributed by atoms with E-state index in [0.717, 1.165) is 11.1 Å². The first kappa shape index (κ1) is 21.5. The molecule has 7 heteroatoms. The largest absolute Gasteiger partial charge is 0.455 e. The molecule has 0 bridgehead atoms. The van der Waals surface area contributed by atoms with Crippen molar-refractivity contribution in [3.05, 3.63) is 96.1 Å². The quantitative estimate of drug-likeness (QED) is 0.391. The smallest absolute Gasteiger partial charge is 0.318 e. The van der Waals surface area contributed by atoms with E-state index in [1.165, 1.54) is 12.1 Å². The predicted octanol–water partition coefficient (Wildman–Crippen LogP) is 5.32. The molecule has 0 saturated heterocycles. The molecule has 1 amide bonds. The number of rotatable bonds is 8. The van der Waals surface area contributed by atoms with E-state index in [0.29, 0.717) is 11.8 Å². The molecule has 0 aliphatic heterocycles. The number of nitrogens with one attached hydrogen (secondary N) is 1. The van der Waals surface area contributed by atoms with Gasteiger partial charge in [0.15, 0.2) is 6.61 Å². The van der Waals surface area contributed by atoms with E-state index in [1.54, 1.807) is 12.1 Å². The van der Waals surface area contributed by atoms with Gasteiger partial charge in [-0.15, -0.1) is 0 Å². The maximum atomic E-state index is 12.8. The zero-order chi connectivity index (χ0) is 21.3. The van der Waals surface area contributed by atoms with Gasteiger partial charge in [-0.05, 0) is 23.3 Å². The topological polar surface area (TPSA) is 55.4 Å². The minimum Gasteiger partial charge on any atom is -0.455 e. The first-order valence-corrected chi connectivity index (χ1v) is 10.0. The van der Waals surface area contributed by atoms with Crippen molar-refractivity contribution in [3.8, 4) is 0 Å². The first-order chi connectivity index (χ1) is 14.5. The van der Waals surface area contributed by atoms with Gasteiger partial charge in [-0.25, -0.2) is 0 Å². The van der Waals surface area contributed by atoms with E-state index in [2.05, 4.69) is 5.32 Å². The molecular formula is C23H19F2NO3S. The molecule has 0 aliphatic rings. The number of esters is 1. The number of thioether (sulfide) groups is 1. The second-order valence-electron chi connectivity index (χ2n) is 6.28. The number of alkyl halides is 2. The van der Waals surface area contributed by atoms with Crippen LogP contribution in [0, 0.1) is 0 Å². The Bertz CT molecular complexity index is 945. The summed E-state index contributed by atoms with van der Waals surface area (Å²) in [5.74, 6) is -4.47. The van der Waals surface area contributed by atoms with Crippen molar-refractivity contribution in [1.82, 2.24) is 0 Å². The SMILES string of the molecule is O=C(COC(=O)C(c1ccccc1)c1ccccc1)Nc1ccccc1SC(F)F. The third-order valence-electron chi connectivity index (χ3n) is 4.22. The summed E-state index contributed by atoms with van der Waals surface area (Å²) in [7, 11) is 0. The molecular weight excluding hydrogens is 408 g/mol. The van der Waals surface area contributed by atoms with Gasteiger partial charge in [0.2, 0.25) is 0 Å². The molecule has 3 rings (SSSR count). The van der Waals surface area contributed by atoms with Crippen LogP contribution in [0.3, 0.4) is 0 Å². The molecule has 1 N–H and O–H groups in total. The molecule has 154 valence electrons. The average molecular weight is 427 g/mol. The van der Waals surface area contributed by atoms with E-state index in [4.69, 9.17) is 4.74 Å². The minimum atomic E-state index is -2.61. The zero-order valence-corrected chi connectivity index (χ0v) is 16.7. The Kier molecular flexibility index (Phi) is 7.57. The molecule has 0 unspecified atom stereocenters. The molecule has 0 spiro atoms. The zero-order valence-electron chi connectivity index (χ0n) is 15.8. The summed E-state index contributed by atoms with van der Waals surface area (Å²) in [4.78, 5) is 25.3. The lowest BCUT2D eigenvalue weighted by molar-refractivity contribution is -0.147. The molecule has 30 heavy (non-hydrogen) atoms. The summed E-state index contributed by atoms with van der Waals surface area (Å²) in [6.45, 7) is -0.525. The molecule has 4 nitrogen and oxygen atoms in total. The van der Waals surface area contributed by atoms with Crippen LogP contribution in [0.5, 0.6) is 0 Å². The Morgan fingerprint density at radius 3 is 1.93 bits per heavy atom. The fourth-order valence-corrected chi connectivity index (χ4v) is 3.53. The lowest BCUT2D eigenvalue weighted by Gasteiger charge is -2.17. The monoisotopic (exact) mass is 427 g/mol. The van der Waals surface area contributed by atoms with E-state index < -0.39 is 30.2 Å². The molecule has 0 aromatic heterocycles. The number of hydrogen-bond acceptors (Lipinski definition) is 4. The van der Waals surface area contributed by atoms with Crippen molar-refractivity contribution >= 4 is 29.3 Å². The van der Waals surface area contributed by atoms with E-state index in [-0.39, 0.29) is 10.6 Å². The summed E-state index contributed by atoms with van der Waals surface area (Å²) >= 11 is 0.335. The van der Waals surface area contributed by atoms with Crippen LogP contribution in [-0.2, 0) is 14.3 Å². The van der Waals surface area contributed by atoms with Crippen molar-refractivity contribution < 1.29 is 23.1 Å². The van der Waals surface area contributed by atoms with Crippen LogP contribution in [0.4, 0.5) is 14.5 Å². The first-order valence-electron chi connectivity index (χ1n) is 9.15. The molecule has 0 aliphatic carbocycles. The highest BCUT2D eigenvalue weighted by molar-refractivity contribution is 7.99. The third kappa shape index (κ3) is 5.90. The van der Waals surface area contributed by atoms with Crippen molar-refractivity contribution in [3.63, 3.8) is 0 Å². The number of para-hydroxylation sites is 1. The highest BCUT2D eigenvalue weighted by Crippen LogP contribution is 2.31. The number of halogens is 2. The minimum absolute atomic E-state index is 0.235. The molecule has 3 aromatic rings. The Labute approximate surface area is 177 Å². The van der Waals surface area contributed by atoms with Crippen LogP contribution >= 0.6 is 11.8 Å². The van der Waals surface area contributed by atoms with Crippen LogP contribution in [0.2, 0.25) is 0 Å².